The maximum Gasteiger partial charge on any atom is 0.235 e. The van der Waals surface area contributed by atoms with Crippen LogP contribution in [0.5, 0.6) is 0 Å². The summed E-state index contributed by atoms with van der Waals surface area (Å²) in [4.78, 5) is 24.3. The highest BCUT2D eigenvalue weighted by molar-refractivity contribution is 6.23. The van der Waals surface area contributed by atoms with Crippen LogP contribution < -0.4 is 21.4 Å². The van der Waals surface area contributed by atoms with E-state index in [1.165, 1.54) is 0 Å². The van der Waals surface area contributed by atoms with Gasteiger partial charge in [-0.3, -0.25) is 9.59 Å². The number of para-hydroxylation sites is 1. The standard InChI is InChI=1S/C15H21N3O.C3H8N2O.C2H6/c1-4-10-18-13-9-7-6-8-12(13)14(17-16-5-2)11(3)15(18)19;1-5-3(6)2-4;1-2/h6-9,11,16H,4-5,10H2,1-3H3;2,4H2,1H3,(H,5,6);1-2H3/b17-14+;;. The number of anilines is 1. The molecule has 152 valence electrons. The number of carbonyl (C=O) groups excluding carboxylic acids is 2. The Morgan fingerprint density at radius 2 is 1.89 bits per heavy atom. The predicted octanol–water partition coefficient (Wildman–Crippen LogP) is 2.11. The third kappa shape index (κ3) is 7.02. The van der Waals surface area contributed by atoms with Crippen molar-refractivity contribution in [2.75, 3.05) is 31.6 Å². The van der Waals surface area contributed by atoms with Crippen molar-refractivity contribution in [2.45, 2.75) is 41.0 Å². The molecular formula is C20H35N5O2. The fourth-order valence-electron chi connectivity index (χ4n) is 2.51. The fraction of sp³-hybridized carbons (Fsp3) is 0.550. The maximum atomic E-state index is 12.5. The van der Waals surface area contributed by atoms with Gasteiger partial charge in [0.1, 0.15) is 0 Å². The molecule has 0 bridgehead atoms. The molecule has 0 saturated carbocycles. The number of hydrogen-bond donors (Lipinski definition) is 3. The molecular weight excluding hydrogens is 342 g/mol. The van der Waals surface area contributed by atoms with Crippen molar-refractivity contribution in [3.8, 4) is 0 Å². The van der Waals surface area contributed by atoms with Crippen molar-refractivity contribution >= 4 is 23.2 Å². The molecule has 2 amide bonds. The number of rotatable bonds is 5. The van der Waals surface area contributed by atoms with Crippen molar-refractivity contribution in [1.82, 2.24) is 10.7 Å². The number of amides is 2. The molecule has 1 atom stereocenters. The average Bonchev–Trinajstić information content (AvgIpc) is 2.72. The van der Waals surface area contributed by atoms with Crippen molar-refractivity contribution in [3.63, 3.8) is 0 Å². The van der Waals surface area contributed by atoms with Gasteiger partial charge in [0, 0.05) is 25.7 Å². The second-order valence-electron chi connectivity index (χ2n) is 5.61. The normalized spacial score (nSPS) is 16.4. The zero-order chi connectivity index (χ0) is 20.8. The molecule has 1 aliphatic rings. The Labute approximate surface area is 163 Å². The smallest absolute Gasteiger partial charge is 0.235 e. The van der Waals surface area contributed by atoms with Crippen molar-refractivity contribution < 1.29 is 9.59 Å². The van der Waals surface area contributed by atoms with Crippen LogP contribution in [0.1, 0.15) is 46.6 Å². The summed E-state index contributed by atoms with van der Waals surface area (Å²) >= 11 is 0. The topological polar surface area (TPSA) is 99.8 Å². The minimum atomic E-state index is -0.194. The van der Waals surface area contributed by atoms with E-state index < -0.39 is 0 Å². The zero-order valence-electron chi connectivity index (χ0n) is 17.5. The summed E-state index contributed by atoms with van der Waals surface area (Å²) in [7, 11) is 1.55. The molecule has 0 aliphatic carbocycles. The summed E-state index contributed by atoms with van der Waals surface area (Å²) in [5, 5.41) is 6.74. The molecule has 1 heterocycles. The molecule has 1 aliphatic heterocycles. The average molecular weight is 378 g/mol. The van der Waals surface area contributed by atoms with Gasteiger partial charge in [-0.15, -0.1) is 0 Å². The van der Waals surface area contributed by atoms with E-state index in [0.717, 1.165) is 36.5 Å². The summed E-state index contributed by atoms with van der Waals surface area (Å²) in [6, 6.07) is 8.00. The number of nitrogens with two attached hydrogens (primary N) is 1. The lowest BCUT2D eigenvalue weighted by molar-refractivity contribution is -0.120. The maximum absolute atomic E-state index is 12.5. The van der Waals surface area contributed by atoms with E-state index in [0.29, 0.717) is 0 Å². The van der Waals surface area contributed by atoms with E-state index in [1.807, 2.05) is 56.9 Å². The van der Waals surface area contributed by atoms with Gasteiger partial charge in [-0.1, -0.05) is 39.0 Å². The van der Waals surface area contributed by atoms with E-state index in [1.54, 1.807) is 7.05 Å². The van der Waals surface area contributed by atoms with E-state index in [-0.39, 0.29) is 24.3 Å². The lowest BCUT2D eigenvalue weighted by atomic mass is 9.90. The Bertz CT molecular complexity index is 610. The van der Waals surface area contributed by atoms with E-state index >= 15 is 0 Å². The first-order chi connectivity index (χ1) is 13.0. The van der Waals surface area contributed by atoms with Gasteiger partial charge in [-0.2, -0.15) is 5.10 Å². The predicted molar refractivity (Wildman–Crippen MR) is 113 cm³/mol. The minimum Gasteiger partial charge on any atom is -0.358 e. The molecule has 7 nitrogen and oxygen atoms in total. The highest BCUT2D eigenvalue weighted by Gasteiger charge is 2.34. The molecule has 0 aromatic heterocycles. The van der Waals surface area contributed by atoms with Gasteiger partial charge < -0.3 is 21.4 Å². The number of nitrogens with zero attached hydrogens (tertiary/aromatic N) is 2. The summed E-state index contributed by atoms with van der Waals surface area (Å²) < 4.78 is 0. The van der Waals surface area contributed by atoms with Crippen molar-refractivity contribution in [2.24, 2.45) is 16.8 Å². The first-order valence-electron chi connectivity index (χ1n) is 9.63. The van der Waals surface area contributed by atoms with Gasteiger partial charge in [0.15, 0.2) is 0 Å². The number of likely N-dealkylation sites (N-methyl/N-ethyl adjacent to an activating group) is 1. The first kappa shape index (κ1) is 24.6. The van der Waals surface area contributed by atoms with Crippen LogP contribution in [0.2, 0.25) is 0 Å². The second-order valence-corrected chi connectivity index (χ2v) is 5.61. The van der Waals surface area contributed by atoms with Crippen LogP contribution in [0.25, 0.3) is 0 Å². The molecule has 1 aromatic carbocycles. The number of benzene rings is 1. The van der Waals surface area contributed by atoms with Crippen LogP contribution in [0.15, 0.2) is 29.4 Å². The molecule has 2 rings (SSSR count). The molecule has 1 aromatic rings. The highest BCUT2D eigenvalue weighted by atomic mass is 16.2. The molecule has 4 N–H and O–H groups in total. The monoisotopic (exact) mass is 377 g/mol. The third-order valence-electron chi connectivity index (χ3n) is 3.79. The lowest BCUT2D eigenvalue weighted by Gasteiger charge is -2.33. The van der Waals surface area contributed by atoms with Gasteiger partial charge in [0.2, 0.25) is 11.8 Å². The Hall–Kier alpha value is -2.41. The molecule has 0 fully saturated rings. The molecule has 7 heteroatoms. The number of carbonyl (C=O) groups is 2. The summed E-state index contributed by atoms with van der Waals surface area (Å²) in [6.45, 7) is 11.6. The van der Waals surface area contributed by atoms with Crippen molar-refractivity contribution in [3.05, 3.63) is 29.8 Å². The van der Waals surface area contributed by atoms with Gasteiger partial charge in [-0.05, 0) is 26.3 Å². The lowest BCUT2D eigenvalue weighted by Crippen LogP contribution is -2.44. The van der Waals surface area contributed by atoms with Crippen LogP contribution in [0, 0.1) is 5.92 Å². The van der Waals surface area contributed by atoms with E-state index in [9.17, 15) is 9.59 Å². The van der Waals surface area contributed by atoms with Crippen LogP contribution >= 0.6 is 0 Å². The number of fused-ring (bicyclic) bond motifs is 1. The summed E-state index contributed by atoms with van der Waals surface area (Å²) in [5.74, 6) is -0.187. The van der Waals surface area contributed by atoms with Crippen LogP contribution in [0.3, 0.4) is 0 Å². The quantitative estimate of drug-likeness (QED) is 0.684. The SMILES string of the molecule is CC.CCCN1C(=O)C(C)/C(=N\NCC)c2ccccc21.CNC(=O)CN. The zero-order valence-corrected chi connectivity index (χ0v) is 17.5. The van der Waals surface area contributed by atoms with Gasteiger partial charge in [-0.25, -0.2) is 0 Å². The number of hydrogen-bond acceptors (Lipinski definition) is 5. The molecule has 0 spiro atoms. The Morgan fingerprint density at radius 3 is 2.37 bits per heavy atom. The van der Waals surface area contributed by atoms with Crippen LogP contribution in [0.4, 0.5) is 5.69 Å². The van der Waals surface area contributed by atoms with Crippen LogP contribution in [-0.2, 0) is 9.59 Å². The largest absolute Gasteiger partial charge is 0.358 e. The first-order valence-corrected chi connectivity index (χ1v) is 9.63. The Kier molecular flexibility index (Phi) is 12.5. The van der Waals surface area contributed by atoms with E-state index in [2.05, 4.69) is 22.8 Å². The van der Waals surface area contributed by atoms with Crippen LogP contribution in [-0.4, -0.2) is 44.2 Å². The van der Waals surface area contributed by atoms with Gasteiger partial charge in [0.05, 0.1) is 23.9 Å². The minimum absolute atomic E-state index is 0.0799. The number of nitrogens with one attached hydrogen (secondary N) is 2. The summed E-state index contributed by atoms with van der Waals surface area (Å²) in [5.41, 5.74) is 10.7. The second kappa shape index (κ2) is 13.7. The van der Waals surface area contributed by atoms with Crippen molar-refractivity contribution in [1.29, 1.82) is 0 Å². The van der Waals surface area contributed by atoms with Gasteiger partial charge >= 0.3 is 0 Å². The Balaban J connectivity index is 0.000000722. The summed E-state index contributed by atoms with van der Waals surface area (Å²) in [6.07, 6.45) is 0.951. The third-order valence-corrected chi connectivity index (χ3v) is 3.79. The number of hydrazone groups is 1. The molecule has 27 heavy (non-hydrogen) atoms. The van der Waals surface area contributed by atoms with E-state index in [4.69, 9.17) is 5.73 Å². The Morgan fingerprint density at radius 1 is 1.26 bits per heavy atom. The molecule has 1 unspecified atom stereocenters. The fourth-order valence-corrected chi connectivity index (χ4v) is 2.51. The molecule has 0 radical (unpaired) electrons. The molecule has 0 saturated heterocycles. The highest BCUT2D eigenvalue weighted by Crippen LogP contribution is 2.30. The van der Waals surface area contributed by atoms with Gasteiger partial charge in [0.25, 0.3) is 0 Å².